The van der Waals surface area contributed by atoms with Gasteiger partial charge in [0.15, 0.2) is 0 Å². The SMILES string of the molecule is COCCN(CCOC)C(=O)C(C)C1CCC2(C)CCC(NC(=O)c3ccncc3)C(C)C2C1O. The number of nitrogens with zero attached hydrogens (tertiary/aromatic N) is 2. The van der Waals surface area contributed by atoms with Gasteiger partial charge >= 0.3 is 0 Å². The standard InChI is InChI=1S/C27H43N3O5/c1-18(26(33)30(14-16-34-4)15-17-35-5)21-6-10-27(3)11-7-22(19(2)23(27)24(21)31)29-25(32)20-8-12-28-13-9-20/h8-9,12-13,18-19,21-24,31H,6-7,10-11,14-17H2,1-5H3,(H,29,32). The third kappa shape index (κ3) is 6.22. The Morgan fingerprint density at radius 2 is 1.77 bits per heavy atom. The van der Waals surface area contributed by atoms with Crippen molar-refractivity contribution in [2.24, 2.45) is 29.1 Å². The minimum atomic E-state index is -0.602. The fourth-order valence-electron chi connectivity index (χ4n) is 6.46. The normalized spacial score (nSPS) is 31.3. The maximum Gasteiger partial charge on any atom is 0.251 e. The van der Waals surface area contributed by atoms with E-state index in [-0.39, 0.29) is 46.9 Å². The van der Waals surface area contributed by atoms with Crippen LogP contribution in [0.25, 0.3) is 0 Å². The van der Waals surface area contributed by atoms with E-state index in [1.807, 2.05) is 6.92 Å². The summed E-state index contributed by atoms with van der Waals surface area (Å²) >= 11 is 0. The molecule has 0 bridgehead atoms. The minimum absolute atomic E-state index is 0.00177. The molecule has 2 aliphatic carbocycles. The van der Waals surface area contributed by atoms with E-state index in [0.717, 1.165) is 25.7 Å². The fourth-order valence-corrected chi connectivity index (χ4v) is 6.46. The highest BCUT2D eigenvalue weighted by Crippen LogP contribution is 2.55. The second-order valence-electron chi connectivity index (χ2n) is 10.7. The largest absolute Gasteiger partial charge is 0.392 e. The molecule has 2 saturated carbocycles. The van der Waals surface area contributed by atoms with Gasteiger partial charge in [0.1, 0.15) is 0 Å². The third-order valence-electron chi connectivity index (χ3n) is 8.62. The molecule has 7 atom stereocenters. The number of aliphatic hydroxyl groups excluding tert-OH is 1. The van der Waals surface area contributed by atoms with Crippen molar-refractivity contribution in [3.63, 3.8) is 0 Å². The Kier molecular flexibility index (Phi) is 9.67. The minimum Gasteiger partial charge on any atom is -0.392 e. The number of ether oxygens (including phenoxy) is 2. The molecular formula is C27H43N3O5. The lowest BCUT2D eigenvalue weighted by molar-refractivity contribution is -0.151. The Bertz CT molecular complexity index is 829. The van der Waals surface area contributed by atoms with Gasteiger partial charge in [0.2, 0.25) is 5.91 Å². The topological polar surface area (TPSA) is 101 Å². The van der Waals surface area contributed by atoms with Crippen molar-refractivity contribution in [1.29, 1.82) is 0 Å². The van der Waals surface area contributed by atoms with E-state index in [1.165, 1.54) is 0 Å². The smallest absolute Gasteiger partial charge is 0.251 e. The van der Waals surface area contributed by atoms with Crippen LogP contribution in [0.2, 0.25) is 0 Å². The van der Waals surface area contributed by atoms with Gasteiger partial charge in [-0.15, -0.1) is 0 Å². The molecule has 0 aromatic carbocycles. The Balaban J connectivity index is 1.72. The molecular weight excluding hydrogens is 446 g/mol. The van der Waals surface area contributed by atoms with Crippen molar-refractivity contribution in [2.75, 3.05) is 40.5 Å². The van der Waals surface area contributed by atoms with E-state index >= 15 is 0 Å². The summed E-state index contributed by atoms with van der Waals surface area (Å²) in [6, 6.07) is 3.41. The Hall–Kier alpha value is -2.03. The summed E-state index contributed by atoms with van der Waals surface area (Å²) < 4.78 is 10.4. The Labute approximate surface area is 209 Å². The van der Waals surface area contributed by atoms with Crippen molar-refractivity contribution in [1.82, 2.24) is 15.2 Å². The fraction of sp³-hybridized carbons (Fsp3) is 0.741. The molecule has 3 rings (SSSR count). The number of hydrogen-bond donors (Lipinski definition) is 2. The number of hydrogen-bond acceptors (Lipinski definition) is 6. The first-order valence-corrected chi connectivity index (χ1v) is 12.9. The van der Waals surface area contributed by atoms with Crippen molar-refractivity contribution < 1.29 is 24.2 Å². The number of methoxy groups -OCH3 is 2. The van der Waals surface area contributed by atoms with Crippen LogP contribution in [0.4, 0.5) is 0 Å². The summed E-state index contributed by atoms with van der Waals surface area (Å²) in [5, 5.41) is 14.9. The zero-order chi connectivity index (χ0) is 25.6. The van der Waals surface area contributed by atoms with Crippen molar-refractivity contribution in [3.8, 4) is 0 Å². The molecule has 2 aliphatic rings. The first-order chi connectivity index (χ1) is 16.7. The van der Waals surface area contributed by atoms with E-state index in [1.54, 1.807) is 43.6 Å². The van der Waals surface area contributed by atoms with Gasteiger partial charge in [-0.05, 0) is 61.0 Å². The maximum atomic E-state index is 13.4. The molecule has 1 aromatic rings. The number of amides is 2. The highest BCUT2D eigenvalue weighted by Gasteiger charge is 2.54. The van der Waals surface area contributed by atoms with Crippen LogP contribution in [0, 0.1) is 29.1 Å². The van der Waals surface area contributed by atoms with Gasteiger partial charge in [0.25, 0.3) is 5.91 Å². The van der Waals surface area contributed by atoms with Crippen LogP contribution >= 0.6 is 0 Å². The molecule has 8 nitrogen and oxygen atoms in total. The van der Waals surface area contributed by atoms with Crippen LogP contribution in [0.5, 0.6) is 0 Å². The van der Waals surface area contributed by atoms with E-state index in [9.17, 15) is 14.7 Å². The van der Waals surface area contributed by atoms with Crippen LogP contribution in [0.1, 0.15) is 56.8 Å². The zero-order valence-electron chi connectivity index (χ0n) is 21.9. The van der Waals surface area contributed by atoms with Crippen LogP contribution < -0.4 is 5.32 Å². The van der Waals surface area contributed by atoms with Crippen LogP contribution in [-0.2, 0) is 14.3 Å². The van der Waals surface area contributed by atoms with Crippen molar-refractivity contribution in [3.05, 3.63) is 30.1 Å². The maximum absolute atomic E-state index is 13.4. The summed E-state index contributed by atoms with van der Waals surface area (Å²) in [5.74, 6) is -0.382. The molecule has 196 valence electrons. The molecule has 8 heteroatoms. The average molecular weight is 490 g/mol. The quantitative estimate of drug-likeness (QED) is 0.524. The average Bonchev–Trinajstić information content (AvgIpc) is 2.85. The molecule has 35 heavy (non-hydrogen) atoms. The van der Waals surface area contributed by atoms with Gasteiger partial charge in [-0.2, -0.15) is 0 Å². The van der Waals surface area contributed by atoms with Gasteiger partial charge in [-0.1, -0.05) is 20.8 Å². The van der Waals surface area contributed by atoms with Gasteiger partial charge in [0.05, 0.1) is 19.3 Å². The highest BCUT2D eigenvalue weighted by atomic mass is 16.5. The number of pyridine rings is 1. The van der Waals surface area contributed by atoms with Crippen molar-refractivity contribution in [2.45, 2.75) is 58.6 Å². The molecule has 2 fully saturated rings. The van der Waals surface area contributed by atoms with Crippen LogP contribution in [0.3, 0.4) is 0 Å². The number of aromatic nitrogens is 1. The molecule has 7 unspecified atom stereocenters. The number of fused-ring (bicyclic) bond motifs is 1. The van der Waals surface area contributed by atoms with Crippen LogP contribution in [0.15, 0.2) is 24.5 Å². The summed E-state index contributed by atoms with van der Waals surface area (Å²) in [4.78, 5) is 32.0. The molecule has 0 spiro atoms. The molecule has 1 heterocycles. The molecule has 2 amide bonds. The second-order valence-corrected chi connectivity index (χ2v) is 10.7. The zero-order valence-corrected chi connectivity index (χ0v) is 21.9. The Morgan fingerprint density at radius 3 is 2.37 bits per heavy atom. The molecule has 0 saturated heterocycles. The molecule has 0 aliphatic heterocycles. The monoisotopic (exact) mass is 489 g/mol. The number of aliphatic hydroxyl groups is 1. The van der Waals surface area contributed by atoms with Gasteiger partial charge in [-0.3, -0.25) is 14.6 Å². The van der Waals surface area contributed by atoms with E-state index in [4.69, 9.17) is 9.47 Å². The summed E-state index contributed by atoms with van der Waals surface area (Å²) in [5.41, 5.74) is 0.593. The lowest BCUT2D eigenvalue weighted by Gasteiger charge is -2.56. The van der Waals surface area contributed by atoms with E-state index < -0.39 is 6.10 Å². The lowest BCUT2D eigenvalue weighted by Crippen LogP contribution is -2.58. The van der Waals surface area contributed by atoms with Crippen molar-refractivity contribution >= 4 is 11.8 Å². The summed E-state index contributed by atoms with van der Waals surface area (Å²) in [6.07, 6.45) is 6.27. The summed E-state index contributed by atoms with van der Waals surface area (Å²) in [6.45, 7) is 8.30. The molecule has 1 aromatic heterocycles. The first kappa shape index (κ1) is 27.6. The lowest BCUT2D eigenvalue weighted by atomic mass is 9.51. The number of rotatable bonds is 10. The number of carbonyl (C=O) groups is 2. The van der Waals surface area contributed by atoms with Gasteiger partial charge in [-0.25, -0.2) is 0 Å². The first-order valence-electron chi connectivity index (χ1n) is 12.9. The van der Waals surface area contributed by atoms with Gasteiger partial charge < -0.3 is 24.8 Å². The second kappa shape index (κ2) is 12.3. The predicted molar refractivity (Wildman–Crippen MR) is 134 cm³/mol. The van der Waals surface area contributed by atoms with E-state index in [2.05, 4.69) is 24.1 Å². The number of nitrogens with one attached hydrogen (secondary N) is 1. The molecule has 0 radical (unpaired) electrons. The van der Waals surface area contributed by atoms with E-state index in [0.29, 0.717) is 31.9 Å². The Morgan fingerprint density at radius 1 is 1.17 bits per heavy atom. The molecule has 2 N–H and O–H groups in total. The third-order valence-corrected chi connectivity index (χ3v) is 8.62. The number of carbonyl (C=O) groups excluding carboxylic acids is 2. The highest BCUT2D eigenvalue weighted by molar-refractivity contribution is 5.94. The van der Waals surface area contributed by atoms with Crippen LogP contribution in [-0.4, -0.2) is 79.5 Å². The summed E-state index contributed by atoms with van der Waals surface area (Å²) in [7, 11) is 3.25. The van der Waals surface area contributed by atoms with Gasteiger partial charge in [0, 0.05) is 57.2 Å². The predicted octanol–water partition coefficient (Wildman–Crippen LogP) is 2.76.